The quantitative estimate of drug-likeness (QED) is 0.239. The number of benzene rings is 3. The molecule has 0 aliphatic heterocycles. The summed E-state index contributed by atoms with van der Waals surface area (Å²) in [5, 5.41) is 15.6. The predicted molar refractivity (Wildman–Crippen MR) is 121 cm³/mol. The van der Waals surface area contributed by atoms with E-state index in [1.807, 2.05) is 42.5 Å². The first-order valence-electron chi connectivity index (χ1n) is 8.93. The van der Waals surface area contributed by atoms with Crippen LogP contribution in [-0.2, 0) is 0 Å². The number of non-ortho nitro benzene ring substituents is 1. The van der Waals surface area contributed by atoms with Gasteiger partial charge in [0.15, 0.2) is 0 Å². The van der Waals surface area contributed by atoms with Gasteiger partial charge in [-0.05, 0) is 42.0 Å². The second kappa shape index (κ2) is 8.89. The molecular weight excluding hydrogens is 418 g/mol. The first kappa shape index (κ1) is 19.8. The number of nitro benzene ring substituents is 1. The summed E-state index contributed by atoms with van der Waals surface area (Å²) in [5.41, 5.74) is 3.36. The van der Waals surface area contributed by atoms with Gasteiger partial charge in [0.05, 0.1) is 16.0 Å². The van der Waals surface area contributed by atoms with E-state index in [2.05, 4.69) is 22.7 Å². The van der Waals surface area contributed by atoms with Gasteiger partial charge in [-0.15, -0.1) is 11.3 Å². The number of hydrazone groups is 1. The molecule has 1 amide bonds. The molecule has 0 saturated carbocycles. The van der Waals surface area contributed by atoms with Gasteiger partial charge in [0, 0.05) is 32.0 Å². The van der Waals surface area contributed by atoms with Crippen molar-refractivity contribution < 1.29 is 9.72 Å². The molecule has 0 fully saturated rings. The van der Waals surface area contributed by atoms with Crippen molar-refractivity contribution in [3.05, 3.63) is 99.4 Å². The summed E-state index contributed by atoms with van der Waals surface area (Å²) in [5.74, 6) is -0.355. The maximum atomic E-state index is 12.3. The molecule has 1 aromatic heterocycles. The number of hydrogen-bond acceptors (Lipinski definition) is 6. The molecule has 30 heavy (non-hydrogen) atoms. The van der Waals surface area contributed by atoms with E-state index in [4.69, 9.17) is 0 Å². The SMILES string of the molecule is O=C(NN=Cc1ccc(Sc2ccccc2)cc1)c1cc2cc([N+](=O)[O-])ccc2s1. The van der Waals surface area contributed by atoms with Gasteiger partial charge in [-0.25, -0.2) is 5.43 Å². The van der Waals surface area contributed by atoms with Crippen LogP contribution in [0, 0.1) is 10.1 Å². The highest BCUT2D eigenvalue weighted by molar-refractivity contribution is 7.99. The van der Waals surface area contributed by atoms with Crippen molar-refractivity contribution in [2.45, 2.75) is 9.79 Å². The molecule has 1 heterocycles. The number of rotatable bonds is 6. The monoisotopic (exact) mass is 433 g/mol. The van der Waals surface area contributed by atoms with Crippen LogP contribution in [0.5, 0.6) is 0 Å². The third-order valence-corrected chi connectivity index (χ3v) is 6.30. The number of nitro groups is 1. The second-order valence-corrected chi connectivity index (χ2v) is 8.50. The molecule has 3 aromatic carbocycles. The Morgan fingerprint density at radius 1 is 1.00 bits per heavy atom. The molecule has 0 aliphatic carbocycles. The number of carbonyl (C=O) groups excluding carboxylic acids is 1. The zero-order chi connectivity index (χ0) is 20.9. The third kappa shape index (κ3) is 4.73. The van der Waals surface area contributed by atoms with Gasteiger partial charge in [-0.1, -0.05) is 42.1 Å². The fourth-order valence-electron chi connectivity index (χ4n) is 2.72. The number of nitrogens with zero attached hydrogens (tertiary/aromatic N) is 2. The third-order valence-electron chi connectivity index (χ3n) is 4.17. The molecule has 0 saturated heterocycles. The largest absolute Gasteiger partial charge is 0.281 e. The van der Waals surface area contributed by atoms with Crippen LogP contribution in [0.25, 0.3) is 10.1 Å². The number of hydrogen-bond donors (Lipinski definition) is 1. The Morgan fingerprint density at radius 3 is 2.47 bits per heavy atom. The molecule has 0 unspecified atom stereocenters. The van der Waals surface area contributed by atoms with Crippen LogP contribution in [0.4, 0.5) is 5.69 Å². The lowest BCUT2D eigenvalue weighted by atomic mass is 10.2. The molecule has 4 aromatic rings. The molecule has 0 bridgehead atoms. The summed E-state index contributed by atoms with van der Waals surface area (Å²) in [4.78, 5) is 25.5. The summed E-state index contributed by atoms with van der Waals surface area (Å²) < 4.78 is 0.807. The Morgan fingerprint density at radius 2 is 1.73 bits per heavy atom. The lowest BCUT2D eigenvalue weighted by Crippen LogP contribution is -2.16. The van der Waals surface area contributed by atoms with Crippen molar-refractivity contribution >= 4 is 51.0 Å². The van der Waals surface area contributed by atoms with Gasteiger partial charge in [0.25, 0.3) is 11.6 Å². The predicted octanol–water partition coefficient (Wildman–Crippen LogP) is 5.72. The molecule has 0 aliphatic rings. The Balaban J connectivity index is 1.38. The summed E-state index contributed by atoms with van der Waals surface area (Å²) in [6, 6.07) is 24.1. The molecule has 0 atom stereocenters. The maximum Gasteiger partial charge on any atom is 0.281 e. The number of fused-ring (bicyclic) bond motifs is 1. The van der Waals surface area contributed by atoms with Crippen molar-refractivity contribution in [2.24, 2.45) is 5.10 Å². The highest BCUT2D eigenvalue weighted by Crippen LogP contribution is 2.29. The topological polar surface area (TPSA) is 84.6 Å². The minimum absolute atomic E-state index is 0.000784. The van der Waals surface area contributed by atoms with Gasteiger partial charge in [-0.3, -0.25) is 14.9 Å². The minimum Gasteiger partial charge on any atom is -0.266 e. The van der Waals surface area contributed by atoms with Gasteiger partial charge in [0.1, 0.15) is 0 Å². The smallest absolute Gasteiger partial charge is 0.266 e. The molecule has 4 rings (SSSR count). The summed E-state index contributed by atoms with van der Waals surface area (Å²) in [6.07, 6.45) is 1.58. The molecule has 6 nitrogen and oxygen atoms in total. The minimum atomic E-state index is -0.454. The van der Waals surface area contributed by atoms with E-state index in [1.165, 1.54) is 28.4 Å². The second-order valence-electron chi connectivity index (χ2n) is 6.27. The van der Waals surface area contributed by atoms with E-state index in [0.29, 0.717) is 10.3 Å². The fraction of sp³-hybridized carbons (Fsp3) is 0. The van der Waals surface area contributed by atoms with Crippen molar-refractivity contribution in [3.63, 3.8) is 0 Å². The average molecular weight is 434 g/mol. The van der Waals surface area contributed by atoms with Crippen molar-refractivity contribution in [3.8, 4) is 0 Å². The highest BCUT2D eigenvalue weighted by Gasteiger charge is 2.12. The lowest BCUT2D eigenvalue weighted by Gasteiger charge is -2.01. The zero-order valence-electron chi connectivity index (χ0n) is 15.5. The Bertz CT molecular complexity index is 1240. The normalized spacial score (nSPS) is 11.1. The summed E-state index contributed by atoms with van der Waals surface area (Å²) in [6.45, 7) is 0. The van der Waals surface area contributed by atoms with Crippen LogP contribution in [0.1, 0.15) is 15.2 Å². The van der Waals surface area contributed by atoms with Crippen molar-refractivity contribution in [2.75, 3.05) is 0 Å². The molecule has 0 radical (unpaired) electrons. The standard InChI is InChI=1S/C22H15N3O3S2/c26-22(21-13-16-12-17(25(27)28)8-11-20(16)30-21)24-23-14-15-6-9-19(10-7-15)29-18-4-2-1-3-5-18/h1-14H,(H,24,26). The van der Waals surface area contributed by atoms with Gasteiger partial charge >= 0.3 is 0 Å². The van der Waals surface area contributed by atoms with E-state index in [-0.39, 0.29) is 11.6 Å². The molecule has 8 heteroatoms. The van der Waals surface area contributed by atoms with Gasteiger partial charge in [-0.2, -0.15) is 5.10 Å². The first-order valence-corrected chi connectivity index (χ1v) is 10.6. The van der Waals surface area contributed by atoms with Crippen LogP contribution in [0.2, 0.25) is 0 Å². The Kier molecular flexibility index (Phi) is 5.87. The number of carbonyl (C=O) groups is 1. The van der Waals surface area contributed by atoms with Crippen LogP contribution in [0.3, 0.4) is 0 Å². The van der Waals surface area contributed by atoms with Crippen molar-refractivity contribution in [1.29, 1.82) is 0 Å². The van der Waals surface area contributed by atoms with Crippen LogP contribution >= 0.6 is 23.1 Å². The maximum absolute atomic E-state index is 12.3. The zero-order valence-corrected chi connectivity index (χ0v) is 17.2. The van der Waals surface area contributed by atoms with Crippen LogP contribution < -0.4 is 5.43 Å². The number of thiophene rings is 1. The number of nitrogens with one attached hydrogen (secondary N) is 1. The summed E-state index contributed by atoms with van der Waals surface area (Å²) >= 11 is 2.94. The van der Waals surface area contributed by atoms with E-state index < -0.39 is 4.92 Å². The Hall–Kier alpha value is -3.49. The lowest BCUT2D eigenvalue weighted by molar-refractivity contribution is -0.384. The van der Waals surface area contributed by atoms with E-state index >= 15 is 0 Å². The molecular formula is C22H15N3O3S2. The van der Waals surface area contributed by atoms with Gasteiger partial charge in [0.2, 0.25) is 0 Å². The molecule has 148 valence electrons. The van der Waals surface area contributed by atoms with E-state index in [0.717, 1.165) is 15.2 Å². The fourth-order valence-corrected chi connectivity index (χ4v) is 4.49. The Labute approximate surface area is 180 Å². The van der Waals surface area contributed by atoms with Gasteiger partial charge < -0.3 is 0 Å². The van der Waals surface area contributed by atoms with Crippen LogP contribution in [0.15, 0.2) is 93.8 Å². The highest BCUT2D eigenvalue weighted by atomic mass is 32.2. The van der Waals surface area contributed by atoms with E-state index in [1.54, 1.807) is 30.1 Å². The van der Waals surface area contributed by atoms with Crippen LogP contribution in [-0.4, -0.2) is 17.0 Å². The van der Waals surface area contributed by atoms with E-state index in [9.17, 15) is 14.9 Å². The number of amides is 1. The van der Waals surface area contributed by atoms with Crippen molar-refractivity contribution in [1.82, 2.24) is 5.43 Å². The molecule has 1 N–H and O–H groups in total. The first-order chi connectivity index (χ1) is 14.6. The average Bonchev–Trinajstić information content (AvgIpc) is 3.19. The molecule has 0 spiro atoms. The summed E-state index contributed by atoms with van der Waals surface area (Å²) in [7, 11) is 0.